The first-order valence-corrected chi connectivity index (χ1v) is 14.3. The first-order valence-electron chi connectivity index (χ1n) is 12.2. The molecule has 0 aliphatic carbocycles. The summed E-state index contributed by atoms with van der Waals surface area (Å²) in [4.78, 5) is 44.0. The maximum Gasteiger partial charge on any atom is 0.338 e. The van der Waals surface area contributed by atoms with Crippen molar-refractivity contribution in [2.75, 3.05) is 12.9 Å². The third-order valence-corrected chi connectivity index (χ3v) is 8.17. The second-order valence-corrected chi connectivity index (χ2v) is 10.8. The maximum atomic E-state index is 13.8. The summed E-state index contributed by atoms with van der Waals surface area (Å²) in [5.41, 5.74) is 3.34. The van der Waals surface area contributed by atoms with Gasteiger partial charge in [-0.05, 0) is 79.7 Å². The highest BCUT2D eigenvalue weighted by Gasteiger charge is 2.33. The van der Waals surface area contributed by atoms with Crippen molar-refractivity contribution in [3.05, 3.63) is 107 Å². The Bertz CT molecular complexity index is 1800. The van der Waals surface area contributed by atoms with Crippen LogP contribution in [0.4, 0.5) is 5.69 Å². The van der Waals surface area contributed by atoms with Crippen LogP contribution < -0.4 is 14.9 Å². The number of carbonyl (C=O) groups excluding carboxylic acids is 1. The van der Waals surface area contributed by atoms with Crippen molar-refractivity contribution < 1.29 is 13.9 Å². The number of rotatable bonds is 7. The number of furan rings is 1. The summed E-state index contributed by atoms with van der Waals surface area (Å²) in [6, 6.07) is 15.8. The molecule has 1 aliphatic rings. The van der Waals surface area contributed by atoms with E-state index >= 15 is 0 Å². The van der Waals surface area contributed by atoms with Gasteiger partial charge in [-0.1, -0.05) is 29.5 Å². The molecule has 39 heavy (non-hydrogen) atoms. The molecule has 0 saturated carbocycles. The number of fused-ring (bicyclic) bond motifs is 1. The summed E-state index contributed by atoms with van der Waals surface area (Å²) < 4.78 is 13.4. The predicted molar refractivity (Wildman–Crippen MR) is 153 cm³/mol. The number of thiazole rings is 1. The fourth-order valence-corrected chi connectivity index (χ4v) is 5.96. The summed E-state index contributed by atoms with van der Waals surface area (Å²) in [7, 11) is 0. The number of benzene rings is 2. The summed E-state index contributed by atoms with van der Waals surface area (Å²) >= 11 is 2.84. The van der Waals surface area contributed by atoms with E-state index in [4.69, 9.17) is 9.15 Å². The Balaban J connectivity index is 1.63. The van der Waals surface area contributed by atoms with Crippen LogP contribution in [0, 0.1) is 11.8 Å². The zero-order chi connectivity index (χ0) is 27.7. The average molecular weight is 560 g/mol. The fraction of sp³-hybridized carbons (Fsp3) is 0.207. The van der Waals surface area contributed by atoms with Crippen molar-refractivity contribution in [1.29, 1.82) is 0 Å². The Morgan fingerprint density at radius 2 is 1.95 bits per heavy atom. The lowest BCUT2D eigenvalue weighted by molar-refractivity contribution is -0.139. The van der Waals surface area contributed by atoms with Crippen LogP contribution in [0.1, 0.15) is 36.8 Å². The standard InChI is InChI=1S/C29H25N3O5S2/c1-5-36-28(34)25-17(3)30-29-32(26(25)18-7-11-21(38-4)12-8-18)27(33)24(39-29)15-20-10-13-23(37-20)22-14-19(31-35)9-6-16(22)2/h6-15,26H,5H2,1-4H3/b24-15-. The number of ether oxygens (including phenoxy) is 1. The largest absolute Gasteiger partial charge is 0.463 e. The number of hydrogen-bond acceptors (Lipinski definition) is 9. The van der Waals surface area contributed by atoms with Crippen LogP contribution in [0.3, 0.4) is 0 Å². The molecule has 0 spiro atoms. The molecule has 0 N–H and O–H groups in total. The molecule has 2 aromatic heterocycles. The number of nitroso groups, excluding NO2 is 1. The Kier molecular flexibility index (Phi) is 7.49. The van der Waals surface area contributed by atoms with Crippen LogP contribution in [-0.2, 0) is 9.53 Å². The van der Waals surface area contributed by atoms with E-state index in [-0.39, 0.29) is 12.2 Å². The summed E-state index contributed by atoms with van der Waals surface area (Å²) in [5, 5.41) is 3.01. The number of thioether (sulfide) groups is 1. The third kappa shape index (κ3) is 5.05. The Labute approximate surface area is 232 Å². The van der Waals surface area contributed by atoms with Crippen molar-refractivity contribution in [1.82, 2.24) is 4.57 Å². The molecule has 1 unspecified atom stereocenters. The van der Waals surface area contributed by atoms with Crippen LogP contribution in [0.2, 0.25) is 0 Å². The van der Waals surface area contributed by atoms with E-state index in [2.05, 4.69) is 10.2 Å². The number of aryl methyl sites for hydroxylation is 1. The second kappa shape index (κ2) is 11.0. The van der Waals surface area contributed by atoms with Gasteiger partial charge in [0, 0.05) is 16.5 Å². The highest BCUT2D eigenvalue weighted by Crippen LogP contribution is 2.32. The van der Waals surface area contributed by atoms with Gasteiger partial charge >= 0.3 is 5.97 Å². The zero-order valence-corrected chi connectivity index (χ0v) is 23.4. The summed E-state index contributed by atoms with van der Waals surface area (Å²) in [6.45, 7) is 5.63. The first kappa shape index (κ1) is 26.6. The molecule has 4 aromatic rings. The second-order valence-electron chi connectivity index (χ2n) is 8.87. The number of aromatic nitrogens is 1. The van der Waals surface area contributed by atoms with Gasteiger partial charge in [0.25, 0.3) is 5.56 Å². The Hall–Kier alpha value is -4.02. The average Bonchev–Trinajstić information content (AvgIpc) is 3.52. The number of hydrogen-bond donors (Lipinski definition) is 0. The SMILES string of the molecule is CCOC(=O)C1=C(C)N=c2s/c(=C\c3ccc(-c4cc(N=O)ccc4C)o3)c(=O)n2C1c1ccc(SC)cc1. The molecule has 5 rings (SSSR count). The molecule has 1 aliphatic heterocycles. The van der Waals surface area contributed by atoms with Crippen molar-refractivity contribution in [3.8, 4) is 11.3 Å². The van der Waals surface area contributed by atoms with Crippen LogP contribution in [-0.4, -0.2) is 23.4 Å². The molecule has 2 aromatic carbocycles. The number of carbonyl (C=O) groups is 1. The van der Waals surface area contributed by atoms with E-state index in [0.29, 0.717) is 37.8 Å². The van der Waals surface area contributed by atoms with Crippen molar-refractivity contribution in [3.63, 3.8) is 0 Å². The molecule has 0 fully saturated rings. The van der Waals surface area contributed by atoms with Gasteiger partial charge in [-0.2, -0.15) is 0 Å². The molecule has 0 radical (unpaired) electrons. The number of esters is 1. The Morgan fingerprint density at radius 3 is 2.64 bits per heavy atom. The highest BCUT2D eigenvalue weighted by atomic mass is 32.2. The van der Waals surface area contributed by atoms with Gasteiger partial charge in [0.05, 0.1) is 28.5 Å². The smallest absolute Gasteiger partial charge is 0.338 e. The normalized spacial score (nSPS) is 15.2. The Morgan fingerprint density at radius 1 is 1.18 bits per heavy atom. The van der Waals surface area contributed by atoms with Gasteiger partial charge in [0.15, 0.2) is 4.80 Å². The van der Waals surface area contributed by atoms with Crippen molar-refractivity contribution >= 4 is 40.8 Å². The van der Waals surface area contributed by atoms with Gasteiger partial charge in [-0.15, -0.1) is 16.7 Å². The number of nitrogens with zero attached hydrogens (tertiary/aromatic N) is 3. The van der Waals surface area contributed by atoms with E-state index in [0.717, 1.165) is 21.6 Å². The number of allylic oxidation sites excluding steroid dienone is 1. The van der Waals surface area contributed by atoms with Crippen LogP contribution in [0.25, 0.3) is 17.4 Å². The molecule has 0 bridgehead atoms. The van der Waals surface area contributed by atoms with Gasteiger partial charge in [-0.3, -0.25) is 9.36 Å². The molecule has 1 atom stereocenters. The molecule has 198 valence electrons. The van der Waals surface area contributed by atoms with Gasteiger partial charge in [0.2, 0.25) is 0 Å². The lowest BCUT2D eigenvalue weighted by atomic mass is 9.96. The molecular formula is C29H25N3O5S2. The maximum absolute atomic E-state index is 13.8. The monoisotopic (exact) mass is 559 g/mol. The minimum Gasteiger partial charge on any atom is -0.463 e. The predicted octanol–water partition coefficient (Wildman–Crippen LogP) is 5.49. The van der Waals surface area contributed by atoms with Gasteiger partial charge in [-0.25, -0.2) is 9.79 Å². The lowest BCUT2D eigenvalue weighted by Gasteiger charge is -2.24. The first-order chi connectivity index (χ1) is 18.8. The fourth-order valence-electron chi connectivity index (χ4n) is 4.53. The summed E-state index contributed by atoms with van der Waals surface area (Å²) in [5.74, 6) is 0.538. The zero-order valence-electron chi connectivity index (χ0n) is 21.8. The molecule has 10 heteroatoms. The third-order valence-electron chi connectivity index (χ3n) is 6.44. The molecular weight excluding hydrogens is 534 g/mol. The van der Waals surface area contributed by atoms with E-state index in [1.165, 1.54) is 11.3 Å². The quantitative estimate of drug-likeness (QED) is 0.169. The molecule has 0 amide bonds. The van der Waals surface area contributed by atoms with Crippen molar-refractivity contribution in [2.45, 2.75) is 31.7 Å². The van der Waals surface area contributed by atoms with E-state index in [9.17, 15) is 14.5 Å². The van der Waals surface area contributed by atoms with E-state index in [1.807, 2.05) is 43.5 Å². The topological polar surface area (TPSA) is 103 Å². The minimum atomic E-state index is -0.674. The van der Waals surface area contributed by atoms with Crippen LogP contribution >= 0.6 is 23.1 Å². The van der Waals surface area contributed by atoms with E-state index < -0.39 is 12.0 Å². The van der Waals surface area contributed by atoms with E-state index in [1.54, 1.807) is 60.5 Å². The van der Waals surface area contributed by atoms with Crippen LogP contribution in [0.5, 0.6) is 0 Å². The van der Waals surface area contributed by atoms with Gasteiger partial charge in [0.1, 0.15) is 17.2 Å². The van der Waals surface area contributed by atoms with Crippen LogP contribution in [0.15, 0.2) is 90.1 Å². The van der Waals surface area contributed by atoms with Gasteiger partial charge < -0.3 is 9.15 Å². The lowest BCUT2D eigenvalue weighted by Crippen LogP contribution is -2.39. The summed E-state index contributed by atoms with van der Waals surface area (Å²) in [6.07, 6.45) is 3.66. The highest BCUT2D eigenvalue weighted by molar-refractivity contribution is 7.98. The molecule has 8 nitrogen and oxygen atoms in total. The minimum absolute atomic E-state index is 0.213. The molecule has 3 heterocycles. The van der Waals surface area contributed by atoms with Crippen molar-refractivity contribution in [2.24, 2.45) is 10.2 Å². The molecule has 0 saturated heterocycles.